The molecule has 0 aliphatic heterocycles. The molecular formula is C63H39NO. The monoisotopic (exact) mass is 825 g/mol. The van der Waals surface area contributed by atoms with Crippen LogP contribution in [0, 0.1) is 0 Å². The predicted molar refractivity (Wildman–Crippen MR) is 271 cm³/mol. The smallest absolute Gasteiger partial charge is 0.143 e. The van der Waals surface area contributed by atoms with Gasteiger partial charge in [-0.15, -0.1) is 0 Å². The first kappa shape index (κ1) is 36.1. The Morgan fingerprint density at radius 3 is 1.57 bits per heavy atom. The summed E-state index contributed by atoms with van der Waals surface area (Å²) >= 11 is 0. The second kappa shape index (κ2) is 13.8. The molecule has 0 fully saturated rings. The lowest BCUT2D eigenvalue weighted by Gasteiger charge is -2.32. The van der Waals surface area contributed by atoms with E-state index < -0.39 is 5.41 Å². The second-order valence-electron chi connectivity index (χ2n) is 17.6. The number of anilines is 3. The van der Waals surface area contributed by atoms with Crippen LogP contribution in [0.4, 0.5) is 17.1 Å². The summed E-state index contributed by atoms with van der Waals surface area (Å²) < 4.78 is 7.14. The SMILES string of the molecule is c1ccc(-c2ccc(N(c3ccc4c(c3)C3(c5ccccc5-c5ccccc53)c3ccccc3-4)c3ccc4c(c3)oc3c(-c5ccc6ccccc6c5)c5ccccc5cc34)cc2)cc1. The molecule has 0 atom stereocenters. The molecule has 0 saturated carbocycles. The molecule has 302 valence electrons. The van der Waals surface area contributed by atoms with Gasteiger partial charge in [-0.1, -0.05) is 182 Å². The zero-order valence-corrected chi connectivity index (χ0v) is 35.4. The average molecular weight is 826 g/mol. The minimum Gasteiger partial charge on any atom is -0.455 e. The highest BCUT2D eigenvalue weighted by Crippen LogP contribution is 2.63. The van der Waals surface area contributed by atoms with Gasteiger partial charge in [0.25, 0.3) is 0 Å². The summed E-state index contributed by atoms with van der Waals surface area (Å²) in [4.78, 5) is 2.41. The Morgan fingerprint density at radius 2 is 0.846 bits per heavy atom. The van der Waals surface area contributed by atoms with Gasteiger partial charge in [0.2, 0.25) is 0 Å². The topological polar surface area (TPSA) is 16.4 Å². The van der Waals surface area contributed by atoms with Crippen LogP contribution in [0.1, 0.15) is 22.3 Å². The quantitative estimate of drug-likeness (QED) is 0.172. The van der Waals surface area contributed by atoms with Gasteiger partial charge in [-0.2, -0.15) is 0 Å². The maximum Gasteiger partial charge on any atom is 0.143 e. The molecule has 0 saturated heterocycles. The van der Waals surface area contributed by atoms with Gasteiger partial charge >= 0.3 is 0 Å². The van der Waals surface area contributed by atoms with Gasteiger partial charge in [0.05, 0.1) is 5.41 Å². The van der Waals surface area contributed by atoms with E-state index in [1.165, 1.54) is 77.2 Å². The molecule has 12 aromatic rings. The third kappa shape index (κ3) is 5.17. The molecule has 2 aliphatic rings. The highest BCUT2D eigenvalue weighted by Gasteiger charge is 2.51. The first-order valence-corrected chi connectivity index (χ1v) is 22.5. The lowest BCUT2D eigenvalue weighted by Crippen LogP contribution is -2.26. The van der Waals surface area contributed by atoms with Gasteiger partial charge in [-0.25, -0.2) is 0 Å². The summed E-state index contributed by atoms with van der Waals surface area (Å²) in [5.41, 5.74) is 19.6. The number of hydrogen-bond donors (Lipinski definition) is 0. The highest BCUT2D eigenvalue weighted by atomic mass is 16.3. The van der Waals surface area contributed by atoms with Crippen molar-refractivity contribution in [3.63, 3.8) is 0 Å². The maximum atomic E-state index is 7.14. The molecule has 0 radical (unpaired) electrons. The molecule has 11 aromatic carbocycles. The van der Waals surface area contributed by atoms with Crippen molar-refractivity contribution in [2.75, 3.05) is 4.90 Å². The third-order valence-corrected chi connectivity index (χ3v) is 14.2. The van der Waals surface area contributed by atoms with Gasteiger partial charge in [0, 0.05) is 39.5 Å². The number of fused-ring (bicyclic) bond motifs is 15. The van der Waals surface area contributed by atoms with Crippen molar-refractivity contribution in [2.24, 2.45) is 0 Å². The van der Waals surface area contributed by atoms with Crippen LogP contribution in [-0.2, 0) is 5.41 Å². The third-order valence-electron chi connectivity index (χ3n) is 14.2. The number of nitrogens with zero attached hydrogens (tertiary/aromatic N) is 1. The van der Waals surface area contributed by atoms with E-state index >= 15 is 0 Å². The van der Waals surface area contributed by atoms with Crippen LogP contribution in [0.5, 0.6) is 0 Å². The van der Waals surface area contributed by atoms with Crippen molar-refractivity contribution in [1.82, 2.24) is 0 Å². The minimum atomic E-state index is -0.457. The Labute approximate surface area is 376 Å². The summed E-state index contributed by atoms with van der Waals surface area (Å²) in [5, 5.41) is 7.02. The van der Waals surface area contributed by atoms with Crippen LogP contribution in [0.2, 0.25) is 0 Å². The summed E-state index contributed by atoms with van der Waals surface area (Å²) in [6.45, 7) is 0. The predicted octanol–water partition coefficient (Wildman–Crippen LogP) is 17.0. The number of furan rings is 1. The Morgan fingerprint density at radius 1 is 0.308 bits per heavy atom. The summed E-state index contributed by atoms with van der Waals surface area (Å²) in [5.74, 6) is 0. The molecule has 0 amide bonds. The van der Waals surface area contributed by atoms with E-state index in [4.69, 9.17) is 4.42 Å². The molecular weight excluding hydrogens is 787 g/mol. The van der Waals surface area contributed by atoms with Crippen LogP contribution in [0.25, 0.3) is 88.0 Å². The van der Waals surface area contributed by atoms with Crippen molar-refractivity contribution in [2.45, 2.75) is 5.41 Å². The average Bonchev–Trinajstić information content (AvgIpc) is 3.99. The summed E-state index contributed by atoms with van der Waals surface area (Å²) in [6, 6.07) is 86.9. The molecule has 0 N–H and O–H groups in total. The minimum absolute atomic E-state index is 0.457. The van der Waals surface area contributed by atoms with E-state index in [1.807, 2.05) is 0 Å². The second-order valence-corrected chi connectivity index (χ2v) is 17.6. The standard InChI is InChI=1S/C63H39NO/c1-2-14-40(15-3-1)42-28-30-46(31-29-42)64(47-32-34-53-52-22-10-13-25-58(52)63(59(53)38-47)56-23-11-8-20-50(56)51-21-9-12-24-57(51)63)48-33-35-54-55-37-44-18-6-7-19-49(44)61(62(55)65-60(54)39-48)45-27-26-41-16-4-5-17-43(41)36-45/h1-39H. The fourth-order valence-corrected chi connectivity index (χ4v) is 11.4. The Kier molecular flexibility index (Phi) is 7.64. The van der Waals surface area contributed by atoms with Crippen molar-refractivity contribution >= 4 is 60.5 Å². The van der Waals surface area contributed by atoms with Gasteiger partial charge in [0.15, 0.2) is 0 Å². The first-order valence-electron chi connectivity index (χ1n) is 22.5. The van der Waals surface area contributed by atoms with Crippen molar-refractivity contribution in [3.8, 4) is 44.5 Å². The molecule has 2 aliphatic carbocycles. The van der Waals surface area contributed by atoms with Gasteiger partial charge in [-0.3, -0.25) is 0 Å². The molecule has 1 heterocycles. The van der Waals surface area contributed by atoms with Crippen molar-refractivity contribution in [3.05, 3.63) is 259 Å². The highest BCUT2D eigenvalue weighted by molar-refractivity contribution is 6.19. The van der Waals surface area contributed by atoms with Crippen LogP contribution in [0.15, 0.2) is 241 Å². The van der Waals surface area contributed by atoms with E-state index in [0.29, 0.717) is 0 Å². The molecule has 1 spiro atoms. The zero-order chi connectivity index (χ0) is 42.6. The Bertz CT molecular complexity index is 3830. The molecule has 2 heteroatoms. The Balaban J connectivity index is 0.999. The van der Waals surface area contributed by atoms with Crippen LogP contribution in [-0.4, -0.2) is 0 Å². The van der Waals surface area contributed by atoms with E-state index in [1.54, 1.807) is 0 Å². The van der Waals surface area contributed by atoms with E-state index in [0.717, 1.165) is 50.1 Å². The fourth-order valence-electron chi connectivity index (χ4n) is 11.4. The van der Waals surface area contributed by atoms with E-state index in [-0.39, 0.29) is 0 Å². The van der Waals surface area contributed by atoms with Crippen LogP contribution < -0.4 is 4.90 Å². The fraction of sp³-hybridized carbons (Fsp3) is 0.0159. The van der Waals surface area contributed by atoms with Crippen LogP contribution >= 0.6 is 0 Å². The number of benzene rings is 11. The number of rotatable bonds is 5. The molecule has 1 aromatic heterocycles. The Hall–Kier alpha value is -8.46. The normalized spacial score (nSPS) is 13.0. The molecule has 2 nitrogen and oxygen atoms in total. The lowest BCUT2D eigenvalue weighted by molar-refractivity contribution is 0.670. The summed E-state index contributed by atoms with van der Waals surface area (Å²) in [7, 11) is 0. The first-order chi connectivity index (χ1) is 32.2. The van der Waals surface area contributed by atoms with Crippen molar-refractivity contribution < 1.29 is 4.42 Å². The lowest BCUT2D eigenvalue weighted by atomic mass is 9.70. The number of hydrogen-bond acceptors (Lipinski definition) is 2. The largest absolute Gasteiger partial charge is 0.455 e. The maximum absolute atomic E-state index is 7.14. The van der Waals surface area contributed by atoms with Crippen LogP contribution in [0.3, 0.4) is 0 Å². The van der Waals surface area contributed by atoms with E-state index in [2.05, 4.69) is 241 Å². The van der Waals surface area contributed by atoms with Crippen molar-refractivity contribution in [1.29, 1.82) is 0 Å². The van der Waals surface area contributed by atoms with Gasteiger partial charge in [0.1, 0.15) is 11.2 Å². The molecule has 0 unspecified atom stereocenters. The van der Waals surface area contributed by atoms with E-state index in [9.17, 15) is 0 Å². The molecule has 65 heavy (non-hydrogen) atoms. The molecule has 14 rings (SSSR count). The van der Waals surface area contributed by atoms with Gasteiger partial charge in [-0.05, 0) is 131 Å². The molecule has 0 bridgehead atoms. The summed E-state index contributed by atoms with van der Waals surface area (Å²) in [6.07, 6.45) is 0. The zero-order valence-electron chi connectivity index (χ0n) is 35.4. The van der Waals surface area contributed by atoms with Gasteiger partial charge < -0.3 is 9.32 Å².